The fourth-order valence-electron chi connectivity index (χ4n) is 1.66. The van der Waals surface area contributed by atoms with Gasteiger partial charge in [0, 0.05) is 11.6 Å². The normalized spacial score (nSPS) is 9.95. The van der Waals surface area contributed by atoms with Gasteiger partial charge in [0.05, 0.1) is 16.6 Å². The average molecular weight is 351 g/mol. The molecule has 0 spiro atoms. The van der Waals surface area contributed by atoms with Crippen molar-refractivity contribution in [1.82, 2.24) is 0 Å². The van der Waals surface area contributed by atoms with Crippen molar-refractivity contribution in [2.45, 2.75) is 6.61 Å². The van der Waals surface area contributed by atoms with E-state index in [1.807, 2.05) is 6.07 Å². The van der Waals surface area contributed by atoms with E-state index in [1.165, 1.54) is 36.4 Å². The van der Waals surface area contributed by atoms with Gasteiger partial charge in [0.15, 0.2) is 0 Å². The summed E-state index contributed by atoms with van der Waals surface area (Å²) in [5.41, 5.74) is 0.374. The number of nitrogens with zero attached hydrogens (tertiary/aromatic N) is 2. The predicted octanol–water partition coefficient (Wildman–Crippen LogP) is 3.95. The Kier molecular flexibility index (Phi) is 4.50. The second-order valence-corrected chi connectivity index (χ2v) is 4.85. The van der Waals surface area contributed by atoms with Crippen molar-refractivity contribution in [2.24, 2.45) is 0 Å². The maximum absolute atomic E-state index is 13.6. The minimum Gasteiger partial charge on any atom is -0.487 e. The van der Waals surface area contributed by atoms with Crippen LogP contribution in [0.25, 0.3) is 0 Å². The molecule has 0 fully saturated rings. The fourth-order valence-corrected chi connectivity index (χ4v) is 2.19. The van der Waals surface area contributed by atoms with Crippen LogP contribution in [0.15, 0.2) is 40.9 Å². The predicted molar refractivity (Wildman–Crippen MR) is 76.2 cm³/mol. The largest absolute Gasteiger partial charge is 0.487 e. The quantitative estimate of drug-likeness (QED) is 0.617. The molecule has 0 heterocycles. The van der Waals surface area contributed by atoms with Crippen molar-refractivity contribution in [3.05, 3.63) is 67.9 Å². The highest BCUT2D eigenvalue weighted by Gasteiger charge is 2.16. The molecule has 7 heteroatoms. The van der Waals surface area contributed by atoms with Crippen LogP contribution in [0, 0.1) is 27.3 Å². The Morgan fingerprint density at radius 2 is 2.14 bits per heavy atom. The third-order valence-corrected chi connectivity index (χ3v) is 3.49. The highest BCUT2D eigenvalue weighted by molar-refractivity contribution is 9.10. The van der Waals surface area contributed by atoms with E-state index in [9.17, 15) is 14.5 Å². The first-order valence-electron chi connectivity index (χ1n) is 5.77. The Morgan fingerprint density at radius 1 is 1.38 bits per heavy atom. The molecule has 0 amide bonds. The van der Waals surface area contributed by atoms with E-state index in [4.69, 9.17) is 10.00 Å². The van der Waals surface area contributed by atoms with Gasteiger partial charge in [0.2, 0.25) is 0 Å². The summed E-state index contributed by atoms with van der Waals surface area (Å²) in [6.07, 6.45) is 0. The van der Waals surface area contributed by atoms with Crippen LogP contribution in [0.5, 0.6) is 5.75 Å². The number of nitro benzene ring substituents is 1. The molecule has 5 nitrogen and oxygen atoms in total. The molecule has 2 aromatic rings. The number of hydrogen-bond acceptors (Lipinski definition) is 4. The zero-order valence-electron chi connectivity index (χ0n) is 10.5. The topological polar surface area (TPSA) is 76.2 Å². The van der Waals surface area contributed by atoms with Crippen LogP contribution in [0.2, 0.25) is 0 Å². The van der Waals surface area contributed by atoms with E-state index < -0.39 is 10.7 Å². The third-order valence-electron chi connectivity index (χ3n) is 2.70. The lowest BCUT2D eigenvalue weighted by atomic mass is 10.1. The summed E-state index contributed by atoms with van der Waals surface area (Å²) in [7, 11) is 0. The Labute approximate surface area is 127 Å². The van der Waals surface area contributed by atoms with Gasteiger partial charge in [-0.3, -0.25) is 10.1 Å². The molecule has 0 saturated heterocycles. The summed E-state index contributed by atoms with van der Waals surface area (Å²) < 4.78 is 19.2. The average Bonchev–Trinajstić information content (AvgIpc) is 2.47. The maximum atomic E-state index is 13.6. The number of nitriles is 1. The molecule has 0 atom stereocenters. The zero-order chi connectivity index (χ0) is 15.4. The van der Waals surface area contributed by atoms with E-state index in [-0.39, 0.29) is 28.1 Å². The standard InChI is InChI=1S/C14H8BrFN2O3/c15-14-12(18(19)20)2-1-3-13(14)21-8-10-6-9(7-17)4-5-11(10)16/h1-6H,8H2. The molecule has 0 bridgehead atoms. The molecule has 2 rings (SSSR count). The highest BCUT2D eigenvalue weighted by atomic mass is 79.9. The lowest BCUT2D eigenvalue weighted by Gasteiger charge is -2.09. The van der Waals surface area contributed by atoms with Gasteiger partial charge in [-0.25, -0.2) is 4.39 Å². The molecule has 0 unspecified atom stereocenters. The van der Waals surface area contributed by atoms with Gasteiger partial charge in [0.1, 0.15) is 22.6 Å². The Morgan fingerprint density at radius 3 is 2.81 bits per heavy atom. The van der Waals surface area contributed by atoms with Crippen LogP contribution < -0.4 is 4.74 Å². The van der Waals surface area contributed by atoms with Crippen molar-refractivity contribution in [2.75, 3.05) is 0 Å². The molecular weight excluding hydrogens is 343 g/mol. The van der Waals surface area contributed by atoms with Gasteiger partial charge in [-0.2, -0.15) is 5.26 Å². The Bertz CT molecular complexity index is 743. The highest BCUT2D eigenvalue weighted by Crippen LogP contribution is 2.34. The first-order valence-corrected chi connectivity index (χ1v) is 6.56. The smallest absolute Gasteiger partial charge is 0.287 e. The summed E-state index contributed by atoms with van der Waals surface area (Å²) in [6, 6.07) is 10.2. The van der Waals surface area contributed by atoms with Gasteiger partial charge < -0.3 is 4.74 Å². The van der Waals surface area contributed by atoms with Crippen LogP contribution in [0.4, 0.5) is 10.1 Å². The SMILES string of the molecule is N#Cc1ccc(F)c(COc2cccc([N+](=O)[O-])c2Br)c1. The minimum atomic E-state index is -0.548. The van der Waals surface area contributed by atoms with Crippen molar-refractivity contribution >= 4 is 21.6 Å². The van der Waals surface area contributed by atoms with Crippen LogP contribution in [-0.4, -0.2) is 4.92 Å². The summed E-state index contributed by atoms with van der Waals surface area (Å²) in [6.45, 7) is -0.138. The number of hydrogen-bond donors (Lipinski definition) is 0. The van der Waals surface area contributed by atoms with E-state index in [1.54, 1.807) is 0 Å². The van der Waals surface area contributed by atoms with Gasteiger partial charge in [-0.05, 0) is 40.2 Å². The molecule has 0 N–H and O–H groups in total. The second-order valence-electron chi connectivity index (χ2n) is 4.05. The van der Waals surface area contributed by atoms with E-state index in [0.29, 0.717) is 5.56 Å². The maximum Gasteiger partial charge on any atom is 0.287 e. The Balaban J connectivity index is 2.23. The van der Waals surface area contributed by atoms with Gasteiger partial charge in [-0.15, -0.1) is 0 Å². The molecular formula is C14H8BrFN2O3. The summed E-state index contributed by atoms with van der Waals surface area (Å²) in [4.78, 5) is 10.3. The van der Waals surface area contributed by atoms with Crippen LogP contribution in [0.3, 0.4) is 0 Å². The first-order chi connectivity index (χ1) is 10.0. The first kappa shape index (κ1) is 14.9. The molecule has 106 valence electrons. The molecule has 0 aliphatic rings. The Hall–Kier alpha value is -2.46. The van der Waals surface area contributed by atoms with Gasteiger partial charge in [0.25, 0.3) is 5.69 Å². The fraction of sp³-hybridized carbons (Fsp3) is 0.0714. The van der Waals surface area contributed by atoms with Gasteiger partial charge >= 0.3 is 0 Å². The minimum absolute atomic E-state index is 0.138. The number of benzene rings is 2. The number of rotatable bonds is 4. The molecule has 0 radical (unpaired) electrons. The summed E-state index contributed by atoms with van der Waals surface area (Å²) in [5.74, 6) is -0.276. The van der Waals surface area contributed by atoms with E-state index >= 15 is 0 Å². The molecule has 2 aromatic carbocycles. The number of ether oxygens (including phenoxy) is 1. The molecule has 0 aromatic heterocycles. The number of halogens is 2. The van der Waals surface area contributed by atoms with E-state index in [0.717, 1.165) is 0 Å². The van der Waals surface area contributed by atoms with E-state index in [2.05, 4.69) is 15.9 Å². The van der Waals surface area contributed by atoms with Crippen LogP contribution >= 0.6 is 15.9 Å². The number of nitro groups is 1. The summed E-state index contributed by atoms with van der Waals surface area (Å²) >= 11 is 3.09. The van der Waals surface area contributed by atoms with Crippen molar-refractivity contribution in [3.63, 3.8) is 0 Å². The van der Waals surface area contributed by atoms with Crippen LogP contribution in [0.1, 0.15) is 11.1 Å². The van der Waals surface area contributed by atoms with Crippen molar-refractivity contribution in [1.29, 1.82) is 5.26 Å². The molecule has 0 aliphatic heterocycles. The molecule has 0 aliphatic carbocycles. The van der Waals surface area contributed by atoms with Crippen molar-refractivity contribution in [3.8, 4) is 11.8 Å². The van der Waals surface area contributed by atoms with Crippen molar-refractivity contribution < 1.29 is 14.1 Å². The van der Waals surface area contributed by atoms with Crippen LogP contribution in [-0.2, 0) is 6.61 Å². The summed E-state index contributed by atoms with van der Waals surface area (Å²) in [5, 5.41) is 19.6. The van der Waals surface area contributed by atoms with Gasteiger partial charge in [-0.1, -0.05) is 6.07 Å². The monoisotopic (exact) mass is 350 g/mol. The lowest BCUT2D eigenvalue weighted by Crippen LogP contribution is -2.00. The second kappa shape index (κ2) is 6.33. The zero-order valence-corrected chi connectivity index (χ0v) is 12.1. The molecule has 0 saturated carbocycles. The third kappa shape index (κ3) is 3.35. The lowest BCUT2D eigenvalue weighted by molar-refractivity contribution is -0.385. The molecule has 21 heavy (non-hydrogen) atoms.